The Morgan fingerprint density at radius 3 is 2.03 bits per heavy atom. The summed E-state index contributed by atoms with van der Waals surface area (Å²) in [5, 5.41) is 1.12. The third kappa shape index (κ3) is 4.27. The van der Waals surface area contributed by atoms with Crippen molar-refractivity contribution in [3.05, 3.63) is 77.6 Å². The van der Waals surface area contributed by atoms with Crippen LogP contribution in [-0.4, -0.2) is 14.4 Å². The lowest BCUT2D eigenvalue weighted by atomic mass is 9.89. The van der Waals surface area contributed by atoms with Gasteiger partial charge in [-0.1, -0.05) is 95.8 Å². The summed E-state index contributed by atoms with van der Waals surface area (Å²) < 4.78 is 2.12. The Morgan fingerprint density at radius 1 is 0.806 bits per heavy atom. The first-order valence-corrected chi connectivity index (χ1v) is 11.9. The molecule has 0 fully saturated rings. The molecule has 2 aromatic carbocycles. The zero-order valence-corrected chi connectivity index (χ0v) is 20.1. The van der Waals surface area contributed by atoms with E-state index in [1.54, 1.807) is 0 Å². The van der Waals surface area contributed by atoms with Gasteiger partial charge >= 0.3 is 0 Å². The second-order valence-corrected chi connectivity index (χ2v) is 10.0. The summed E-state index contributed by atoms with van der Waals surface area (Å²) in [5.41, 5.74) is 6.35. The third-order valence-corrected chi connectivity index (χ3v) is 6.94. The van der Waals surface area contributed by atoms with Gasteiger partial charge in [-0.15, -0.1) is 0 Å². The van der Waals surface area contributed by atoms with Crippen molar-refractivity contribution in [1.29, 1.82) is 0 Å². The second-order valence-electron chi connectivity index (χ2n) is 9.02. The Morgan fingerprint density at radius 2 is 1.45 bits per heavy atom. The molecule has 0 saturated heterocycles. The molecule has 0 atom stereocenters. The molecular weight excluding hydrogens is 398 g/mol. The minimum atomic E-state index is 0.441. The van der Waals surface area contributed by atoms with Gasteiger partial charge in [-0.05, 0) is 40.5 Å². The average molecular weight is 430 g/mol. The van der Waals surface area contributed by atoms with Crippen LogP contribution in [0.3, 0.4) is 0 Å². The van der Waals surface area contributed by atoms with E-state index in [2.05, 4.69) is 93.5 Å². The Balaban J connectivity index is 1.96. The zero-order chi connectivity index (χ0) is 22.1. The largest absolute Gasteiger partial charge is 0.278 e. The fourth-order valence-electron chi connectivity index (χ4n) is 3.85. The van der Waals surface area contributed by atoms with E-state index in [4.69, 9.17) is 4.98 Å². The highest BCUT2D eigenvalue weighted by atomic mass is 32.2. The molecule has 2 aromatic heterocycles. The first-order valence-electron chi connectivity index (χ1n) is 11.1. The predicted octanol–water partition coefficient (Wildman–Crippen LogP) is 7.92. The van der Waals surface area contributed by atoms with Gasteiger partial charge in [0.2, 0.25) is 5.78 Å². The standard InChI is InChI=1S/C27H31N3S/c1-17(2)21-15-22(18(3)4)25(23(16-21)19(5)6)31-26-24(20-11-8-7-9-12-20)29-27-28-13-10-14-30(26)27/h7-19H,1-6H3. The summed E-state index contributed by atoms with van der Waals surface area (Å²) in [6.07, 6.45) is 3.87. The Bertz CT molecular complexity index is 1160. The van der Waals surface area contributed by atoms with Gasteiger partial charge in [-0.3, -0.25) is 4.40 Å². The van der Waals surface area contributed by atoms with Crippen LogP contribution in [0.15, 0.2) is 70.8 Å². The number of hydrogen-bond acceptors (Lipinski definition) is 3. The lowest BCUT2D eigenvalue weighted by molar-refractivity contribution is 0.771. The highest BCUT2D eigenvalue weighted by molar-refractivity contribution is 7.99. The number of rotatable bonds is 6. The number of imidazole rings is 1. The first kappa shape index (κ1) is 21.6. The average Bonchev–Trinajstić information content (AvgIpc) is 3.12. The van der Waals surface area contributed by atoms with Crippen LogP contribution in [0.5, 0.6) is 0 Å². The number of benzene rings is 2. The van der Waals surface area contributed by atoms with Crippen molar-refractivity contribution in [2.24, 2.45) is 0 Å². The first-order chi connectivity index (χ1) is 14.9. The maximum absolute atomic E-state index is 4.90. The third-order valence-electron chi connectivity index (χ3n) is 5.69. The molecule has 0 N–H and O–H groups in total. The maximum Gasteiger partial charge on any atom is 0.235 e. The van der Waals surface area contributed by atoms with Gasteiger partial charge in [0, 0.05) is 22.9 Å². The van der Waals surface area contributed by atoms with Crippen LogP contribution in [0.2, 0.25) is 0 Å². The van der Waals surface area contributed by atoms with Crippen LogP contribution >= 0.6 is 11.8 Å². The zero-order valence-electron chi connectivity index (χ0n) is 19.3. The van der Waals surface area contributed by atoms with Crippen molar-refractivity contribution in [3.8, 4) is 11.3 Å². The van der Waals surface area contributed by atoms with Crippen molar-refractivity contribution in [2.45, 2.75) is 69.2 Å². The van der Waals surface area contributed by atoms with Crippen molar-refractivity contribution in [1.82, 2.24) is 14.4 Å². The van der Waals surface area contributed by atoms with E-state index in [9.17, 15) is 0 Å². The van der Waals surface area contributed by atoms with E-state index in [0.717, 1.165) is 22.1 Å². The number of aromatic nitrogens is 3. The van der Waals surface area contributed by atoms with Crippen molar-refractivity contribution in [3.63, 3.8) is 0 Å². The van der Waals surface area contributed by atoms with Crippen LogP contribution in [0.4, 0.5) is 0 Å². The van der Waals surface area contributed by atoms with Gasteiger partial charge < -0.3 is 0 Å². The molecule has 160 valence electrons. The number of fused-ring (bicyclic) bond motifs is 1. The SMILES string of the molecule is CC(C)c1cc(C(C)C)c(Sc2c(-c3ccccc3)nc3ncccn23)c(C(C)C)c1. The van der Waals surface area contributed by atoms with E-state index in [-0.39, 0.29) is 0 Å². The fourth-order valence-corrected chi connectivity index (χ4v) is 5.37. The molecule has 4 heteroatoms. The fraction of sp³-hybridized carbons (Fsp3) is 0.333. The van der Waals surface area contributed by atoms with Crippen LogP contribution in [0, 0.1) is 0 Å². The maximum atomic E-state index is 4.90. The number of hydrogen-bond donors (Lipinski definition) is 0. The molecule has 0 aliphatic rings. The summed E-state index contributed by atoms with van der Waals surface area (Å²) in [5.74, 6) is 2.13. The topological polar surface area (TPSA) is 30.2 Å². The Kier molecular flexibility index (Phi) is 6.19. The molecule has 2 heterocycles. The van der Waals surface area contributed by atoms with Gasteiger partial charge in [-0.2, -0.15) is 0 Å². The van der Waals surface area contributed by atoms with Gasteiger partial charge in [0.1, 0.15) is 10.7 Å². The van der Waals surface area contributed by atoms with Crippen LogP contribution in [0.1, 0.15) is 76.0 Å². The second kappa shape index (κ2) is 8.88. The summed E-state index contributed by atoms with van der Waals surface area (Å²) >= 11 is 1.84. The van der Waals surface area contributed by atoms with E-state index in [1.165, 1.54) is 21.6 Å². The predicted molar refractivity (Wildman–Crippen MR) is 131 cm³/mol. The lowest BCUT2D eigenvalue weighted by Crippen LogP contribution is -2.03. The van der Waals surface area contributed by atoms with Crippen LogP contribution in [-0.2, 0) is 0 Å². The summed E-state index contributed by atoms with van der Waals surface area (Å²) in [6.45, 7) is 13.7. The molecule has 0 amide bonds. The normalized spacial score (nSPS) is 11.9. The summed E-state index contributed by atoms with van der Waals surface area (Å²) in [6, 6.07) is 17.2. The van der Waals surface area contributed by atoms with Crippen LogP contribution in [0.25, 0.3) is 17.0 Å². The minimum Gasteiger partial charge on any atom is -0.278 e. The Labute approximate surface area is 190 Å². The van der Waals surface area contributed by atoms with Gasteiger partial charge in [-0.25, -0.2) is 9.97 Å². The highest BCUT2D eigenvalue weighted by Gasteiger charge is 2.22. The Hall–Kier alpha value is -2.59. The molecule has 0 spiro atoms. The quantitative estimate of drug-likeness (QED) is 0.312. The molecule has 31 heavy (non-hydrogen) atoms. The van der Waals surface area contributed by atoms with Gasteiger partial charge in [0.25, 0.3) is 0 Å². The van der Waals surface area contributed by atoms with E-state index in [0.29, 0.717) is 17.8 Å². The minimum absolute atomic E-state index is 0.441. The molecule has 0 aliphatic carbocycles. The van der Waals surface area contributed by atoms with Gasteiger partial charge in [0.05, 0.1) is 0 Å². The highest BCUT2D eigenvalue weighted by Crippen LogP contribution is 2.44. The molecule has 0 saturated carbocycles. The van der Waals surface area contributed by atoms with Crippen LogP contribution < -0.4 is 0 Å². The smallest absolute Gasteiger partial charge is 0.235 e. The molecule has 4 rings (SSSR count). The van der Waals surface area contributed by atoms with E-state index in [1.807, 2.05) is 30.1 Å². The molecule has 3 nitrogen and oxygen atoms in total. The molecule has 0 aliphatic heterocycles. The summed E-state index contributed by atoms with van der Waals surface area (Å²) in [7, 11) is 0. The lowest BCUT2D eigenvalue weighted by Gasteiger charge is -2.22. The van der Waals surface area contributed by atoms with E-state index < -0.39 is 0 Å². The monoisotopic (exact) mass is 429 g/mol. The number of nitrogens with zero attached hydrogens (tertiary/aromatic N) is 3. The van der Waals surface area contributed by atoms with E-state index >= 15 is 0 Å². The summed E-state index contributed by atoms with van der Waals surface area (Å²) in [4.78, 5) is 10.8. The van der Waals surface area contributed by atoms with Crippen molar-refractivity contribution in [2.75, 3.05) is 0 Å². The van der Waals surface area contributed by atoms with Crippen molar-refractivity contribution < 1.29 is 0 Å². The molecule has 0 radical (unpaired) electrons. The molecule has 0 bridgehead atoms. The van der Waals surface area contributed by atoms with Gasteiger partial charge in [0.15, 0.2) is 0 Å². The molecule has 4 aromatic rings. The molecular formula is C27H31N3S. The van der Waals surface area contributed by atoms with Crippen molar-refractivity contribution >= 4 is 17.5 Å². The molecule has 0 unspecified atom stereocenters.